The zero-order valence-corrected chi connectivity index (χ0v) is 11.6. The third-order valence-corrected chi connectivity index (χ3v) is 3.41. The summed E-state index contributed by atoms with van der Waals surface area (Å²) in [6.45, 7) is 6.17. The fourth-order valence-electron chi connectivity index (χ4n) is 1.24. The summed E-state index contributed by atoms with van der Waals surface area (Å²) in [5.74, 6) is 0.429. The van der Waals surface area contributed by atoms with Crippen LogP contribution in [0, 0.1) is 5.92 Å². The molecule has 0 aliphatic heterocycles. The molecule has 2 amide bonds. The van der Waals surface area contributed by atoms with E-state index in [0.29, 0.717) is 5.92 Å². The third-order valence-electron chi connectivity index (χ3n) is 2.69. The molecule has 1 aromatic rings. The van der Waals surface area contributed by atoms with E-state index in [2.05, 4.69) is 24.5 Å². The Morgan fingerprint density at radius 2 is 2.00 bits per heavy atom. The van der Waals surface area contributed by atoms with Gasteiger partial charge in [0.1, 0.15) is 0 Å². The molecule has 94 valence electrons. The van der Waals surface area contributed by atoms with Crippen molar-refractivity contribution in [1.29, 1.82) is 0 Å². The Bertz CT molecular complexity index is 379. The van der Waals surface area contributed by atoms with Gasteiger partial charge in [0.2, 0.25) is 0 Å². The van der Waals surface area contributed by atoms with Gasteiger partial charge in [-0.15, -0.1) is 11.8 Å². The molecule has 1 atom stereocenters. The van der Waals surface area contributed by atoms with Gasteiger partial charge in [0.05, 0.1) is 0 Å². The van der Waals surface area contributed by atoms with E-state index < -0.39 is 0 Å². The van der Waals surface area contributed by atoms with Crippen molar-refractivity contribution in [2.24, 2.45) is 5.92 Å². The van der Waals surface area contributed by atoms with Crippen molar-refractivity contribution in [1.82, 2.24) is 5.32 Å². The molecule has 0 spiro atoms. The first kappa shape index (κ1) is 13.9. The molecule has 2 N–H and O–H groups in total. The van der Waals surface area contributed by atoms with Gasteiger partial charge in [0.15, 0.2) is 0 Å². The van der Waals surface area contributed by atoms with Gasteiger partial charge < -0.3 is 10.6 Å². The SMILES string of the molecule is CSc1cccc(NC(=O)N[C@H](C)C(C)C)c1. The molecule has 0 heterocycles. The Labute approximate surface area is 107 Å². The van der Waals surface area contributed by atoms with Crippen LogP contribution in [0.2, 0.25) is 0 Å². The lowest BCUT2D eigenvalue weighted by molar-refractivity contribution is 0.246. The van der Waals surface area contributed by atoms with E-state index in [9.17, 15) is 4.79 Å². The van der Waals surface area contributed by atoms with E-state index in [1.807, 2.05) is 37.4 Å². The smallest absolute Gasteiger partial charge is 0.319 e. The first-order valence-corrected chi connectivity index (χ1v) is 6.97. The summed E-state index contributed by atoms with van der Waals surface area (Å²) < 4.78 is 0. The molecule has 0 aromatic heterocycles. The van der Waals surface area contributed by atoms with Gasteiger partial charge in [-0.05, 0) is 37.3 Å². The molecule has 0 saturated carbocycles. The van der Waals surface area contributed by atoms with Crippen molar-refractivity contribution < 1.29 is 4.79 Å². The minimum atomic E-state index is -0.149. The van der Waals surface area contributed by atoms with Crippen LogP contribution < -0.4 is 10.6 Å². The van der Waals surface area contributed by atoms with Crippen LogP contribution in [0.15, 0.2) is 29.2 Å². The maximum absolute atomic E-state index is 11.7. The summed E-state index contributed by atoms with van der Waals surface area (Å²) in [5, 5.41) is 5.75. The summed E-state index contributed by atoms with van der Waals surface area (Å²) in [6.07, 6.45) is 2.01. The predicted molar refractivity (Wildman–Crippen MR) is 74.7 cm³/mol. The van der Waals surface area contributed by atoms with Crippen molar-refractivity contribution in [3.63, 3.8) is 0 Å². The topological polar surface area (TPSA) is 41.1 Å². The summed E-state index contributed by atoms with van der Waals surface area (Å²) in [5.41, 5.74) is 0.824. The lowest BCUT2D eigenvalue weighted by atomic mass is 10.1. The average molecular weight is 252 g/mol. The molecular formula is C13H20N2OS. The summed E-state index contributed by atoms with van der Waals surface area (Å²) >= 11 is 1.66. The van der Waals surface area contributed by atoms with Crippen molar-refractivity contribution in [2.75, 3.05) is 11.6 Å². The number of anilines is 1. The normalized spacial score (nSPS) is 12.3. The van der Waals surface area contributed by atoms with Crippen LogP contribution in [0.3, 0.4) is 0 Å². The molecule has 0 radical (unpaired) electrons. The van der Waals surface area contributed by atoms with E-state index in [4.69, 9.17) is 0 Å². The molecule has 17 heavy (non-hydrogen) atoms. The van der Waals surface area contributed by atoms with Gasteiger partial charge in [-0.1, -0.05) is 19.9 Å². The Morgan fingerprint density at radius 1 is 1.29 bits per heavy atom. The Kier molecular flexibility index (Phi) is 5.35. The molecule has 0 aliphatic carbocycles. The fourth-order valence-corrected chi connectivity index (χ4v) is 1.70. The van der Waals surface area contributed by atoms with Crippen molar-refractivity contribution >= 4 is 23.5 Å². The number of urea groups is 1. The number of thioether (sulfide) groups is 1. The number of hydrogen-bond acceptors (Lipinski definition) is 2. The highest BCUT2D eigenvalue weighted by atomic mass is 32.2. The molecule has 0 saturated heterocycles. The maximum Gasteiger partial charge on any atom is 0.319 e. The van der Waals surface area contributed by atoms with Crippen LogP contribution in [0.1, 0.15) is 20.8 Å². The molecule has 0 aliphatic rings. The highest BCUT2D eigenvalue weighted by molar-refractivity contribution is 7.98. The molecular weight excluding hydrogens is 232 g/mol. The lowest BCUT2D eigenvalue weighted by Gasteiger charge is -2.17. The van der Waals surface area contributed by atoms with E-state index in [1.54, 1.807) is 11.8 Å². The zero-order valence-electron chi connectivity index (χ0n) is 10.8. The van der Waals surface area contributed by atoms with Crippen LogP contribution in [0.4, 0.5) is 10.5 Å². The molecule has 1 rings (SSSR count). The maximum atomic E-state index is 11.7. The zero-order chi connectivity index (χ0) is 12.8. The van der Waals surface area contributed by atoms with E-state index in [0.717, 1.165) is 10.6 Å². The van der Waals surface area contributed by atoms with Gasteiger partial charge in [-0.25, -0.2) is 4.79 Å². The minimum absolute atomic E-state index is 0.149. The molecule has 0 fully saturated rings. The van der Waals surface area contributed by atoms with Crippen molar-refractivity contribution in [2.45, 2.75) is 31.7 Å². The highest BCUT2D eigenvalue weighted by Gasteiger charge is 2.10. The number of amides is 2. The number of hydrogen-bond donors (Lipinski definition) is 2. The van der Waals surface area contributed by atoms with Gasteiger partial charge in [0, 0.05) is 16.6 Å². The van der Waals surface area contributed by atoms with Gasteiger partial charge in [-0.2, -0.15) is 0 Å². The second-order valence-corrected chi connectivity index (χ2v) is 5.24. The van der Waals surface area contributed by atoms with Crippen LogP contribution in [-0.2, 0) is 0 Å². The summed E-state index contributed by atoms with van der Waals surface area (Å²) in [6, 6.07) is 7.82. The van der Waals surface area contributed by atoms with Gasteiger partial charge in [-0.3, -0.25) is 0 Å². The van der Waals surface area contributed by atoms with Crippen molar-refractivity contribution in [3.05, 3.63) is 24.3 Å². The molecule has 1 aromatic carbocycles. The van der Waals surface area contributed by atoms with Crippen LogP contribution >= 0.6 is 11.8 Å². The molecule has 3 nitrogen and oxygen atoms in total. The monoisotopic (exact) mass is 252 g/mol. The van der Waals surface area contributed by atoms with Gasteiger partial charge >= 0.3 is 6.03 Å². The molecule has 0 bridgehead atoms. The standard InChI is InChI=1S/C13H20N2OS/c1-9(2)10(3)14-13(16)15-11-6-5-7-12(8-11)17-4/h5-10H,1-4H3,(H2,14,15,16)/t10-/m1/s1. The lowest BCUT2D eigenvalue weighted by Crippen LogP contribution is -2.38. The number of rotatable bonds is 4. The average Bonchev–Trinajstić information content (AvgIpc) is 2.28. The third kappa shape index (κ3) is 4.69. The van der Waals surface area contributed by atoms with E-state index >= 15 is 0 Å². The van der Waals surface area contributed by atoms with Crippen LogP contribution in [-0.4, -0.2) is 18.3 Å². The Morgan fingerprint density at radius 3 is 2.59 bits per heavy atom. The first-order valence-electron chi connectivity index (χ1n) is 5.74. The second-order valence-electron chi connectivity index (χ2n) is 4.36. The number of benzene rings is 1. The highest BCUT2D eigenvalue weighted by Crippen LogP contribution is 2.18. The summed E-state index contributed by atoms with van der Waals surface area (Å²) in [7, 11) is 0. The van der Waals surface area contributed by atoms with E-state index in [-0.39, 0.29) is 12.1 Å². The van der Waals surface area contributed by atoms with Gasteiger partial charge in [0.25, 0.3) is 0 Å². The molecule has 0 unspecified atom stereocenters. The first-order chi connectivity index (χ1) is 8.02. The fraction of sp³-hybridized carbons (Fsp3) is 0.462. The van der Waals surface area contributed by atoms with Crippen LogP contribution in [0.25, 0.3) is 0 Å². The Balaban J connectivity index is 2.55. The van der Waals surface area contributed by atoms with Crippen LogP contribution in [0.5, 0.6) is 0 Å². The second kappa shape index (κ2) is 6.55. The largest absolute Gasteiger partial charge is 0.335 e. The number of carbonyl (C=O) groups is 1. The molecule has 4 heteroatoms. The number of carbonyl (C=O) groups excluding carboxylic acids is 1. The minimum Gasteiger partial charge on any atom is -0.335 e. The quantitative estimate of drug-likeness (QED) is 0.804. The number of nitrogens with one attached hydrogen (secondary N) is 2. The van der Waals surface area contributed by atoms with E-state index in [1.165, 1.54) is 0 Å². The predicted octanol–water partition coefficient (Wildman–Crippen LogP) is 3.57. The Hall–Kier alpha value is -1.16. The summed E-state index contributed by atoms with van der Waals surface area (Å²) in [4.78, 5) is 12.8. The van der Waals surface area contributed by atoms with Crippen molar-refractivity contribution in [3.8, 4) is 0 Å².